The molecule has 4 N–H and O–H groups in total. The molecule has 1 aliphatic heterocycles. The van der Waals surface area contributed by atoms with Gasteiger partial charge in [-0.25, -0.2) is 14.6 Å². The van der Waals surface area contributed by atoms with E-state index in [9.17, 15) is 14.7 Å². The number of β-amino-alcohol motifs (C(OH)–C–C–N with tert-alkyl or cyclic N) is 1. The summed E-state index contributed by atoms with van der Waals surface area (Å²) in [5.74, 6) is -0.654. The molecule has 2 amide bonds. The number of aromatic amines is 1. The van der Waals surface area contributed by atoms with Crippen LogP contribution in [0.25, 0.3) is 0 Å². The third kappa shape index (κ3) is 2.81. The Morgan fingerprint density at radius 2 is 2.37 bits per heavy atom. The number of aromatic nitrogens is 3. The van der Waals surface area contributed by atoms with Gasteiger partial charge in [-0.05, 0) is 6.92 Å². The molecule has 1 fully saturated rings. The summed E-state index contributed by atoms with van der Waals surface area (Å²) >= 11 is 0. The van der Waals surface area contributed by atoms with Gasteiger partial charge in [-0.3, -0.25) is 5.10 Å². The number of aliphatic hydroxyl groups excluding tert-OH is 1. The molecule has 9 heteroatoms. The number of hydrogen-bond acceptors (Lipinski definition) is 5. The van der Waals surface area contributed by atoms with Crippen LogP contribution in [-0.4, -0.2) is 61.0 Å². The van der Waals surface area contributed by atoms with Gasteiger partial charge < -0.3 is 20.4 Å². The van der Waals surface area contributed by atoms with Crippen molar-refractivity contribution in [2.75, 3.05) is 6.54 Å². The number of nitrogens with zero attached hydrogens (tertiary/aromatic N) is 3. The number of carbonyl (C=O) groups excluding carboxylic acids is 1. The first-order valence-corrected chi connectivity index (χ1v) is 5.82. The van der Waals surface area contributed by atoms with Crippen LogP contribution < -0.4 is 5.32 Å². The Balaban J connectivity index is 2.01. The van der Waals surface area contributed by atoms with Crippen LogP contribution in [0.4, 0.5) is 4.79 Å². The first kappa shape index (κ1) is 13.3. The molecule has 2 heterocycles. The van der Waals surface area contributed by atoms with Crippen molar-refractivity contribution in [2.24, 2.45) is 0 Å². The molecule has 0 spiro atoms. The van der Waals surface area contributed by atoms with Crippen LogP contribution >= 0.6 is 0 Å². The molecule has 0 radical (unpaired) electrons. The molecule has 0 bridgehead atoms. The molecule has 1 aromatic rings. The topological polar surface area (TPSA) is 131 Å². The van der Waals surface area contributed by atoms with E-state index in [4.69, 9.17) is 5.11 Å². The SMILES string of the molecule is CC(NC(=O)N1C[C@H](O)C[C@H]1C(=O)O)c1ncn[nH]1. The fourth-order valence-electron chi connectivity index (χ4n) is 2.03. The van der Waals surface area contributed by atoms with Gasteiger partial charge in [-0.15, -0.1) is 0 Å². The van der Waals surface area contributed by atoms with E-state index >= 15 is 0 Å². The fraction of sp³-hybridized carbons (Fsp3) is 0.600. The zero-order chi connectivity index (χ0) is 14.0. The molecule has 1 saturated heterocycles. The van der Waals surface area contributed by atoms with Crippen LogP contribution in [0.5, 0.6) is 0 Å². The molecule has 1 aromatic heterocycles. The maximum Gasteiger partial charge on any atom is 0.326 e. The summed E-state index contributed by atoms with van der Waals surface area (Å²) in [4.78, 5) is 28.0. The summed E-state index contributed by atoms with van der Waals surface area (Å²) in [6, 6.07) is -1.98. The standard InChI is InChI=1S/C10H15N5O4/c1-5(8-11-4-12-14-8)13-10(19)15-3-6(16)2-7(15)9(17)18/h4-7,16H,2-3H2,1H3,(H,13,19)(H,17,18)(H,11,12,14)/t5?,6-,7+/m1/s1. The highest BCUT2D eigenvalue weighted by atomic mass is 16.4. The van der Waals surface area contributed by atoms with Crippen molar-refractivity contribution in [3.8, 4) is 0 Å². The molecule has 0 saturated carbocycles. The lowest BCUT2D eigenvalue weighted by molar-refractivity contribution is -0.141. The third-order valence-electron chi connectivity index (χ3n) is 3.01. The molecule has 9 nitrogen and oxygen atoms in total. The van der Waals surface area contributed by atoms with Gasteiger partial charge in [0, 0.05) is 13.0 Å². The van der Waals surface area contributed by atoms with E-state index in [1.165, 1.54) is 6.33 Å². The lowest BCUT2D eigenvalue weighted by Gasteiger charge is -2.23. The summed E-state index contributed by atoms with van der Waals surface area (Å²) in [6.07, 6.45) is 0.546. The maximum atomic E-state index is 12.0. The van der Waals surface area contributed by atoms with Crippen LogP contribution in [0.15, 0.2) is 6.33 Å². The summed E-state index contributed by atoms with van der Waals surface area (Å²) in [5, 5.41) is 27.4. The summed E-state index contributed by atoms with van der Waals surface area (Å²) in [7, 11) is 0. The van der Waals surface area contributed by atoms with E-state index in [1.807, 2.05) is 0 Å². The lowest BCUT2D eigenvalue weighted by Crippen LogP contribution is -2.46. The van der Waals surface area contributed by atoms with Gasteiger partial charge in [-0.2, -0.15) is 5.10 Å². The summed E-state index contributed by atoms with van der Waals surface area (Å²) in [6.45, 7) is 1.70. The Morgan fingerprint density at radius 3 is 2.95 bits per heavy atom. The number of amides is 2. The number of carboxylic acid groups (broad SMARTS) is 1. The minimum absolute atomic E-state index is 0.00588. The highest BCUT2D eigenvalue weighted by Crippen LogP contribution is 2.19. The number of carbonyl (C=O) groups is 2. The minimum atomic E-state index is -1.13. The van der Waals surface area contributed by atoms with Gasteiger partial charge in [0.1, 0.15) is 18.2 Å². The molecular formula is C10H15N5O4. The van der Waals surface area contributed by atoms with Crippen molar-refractivity contribution < 1.29 is 19.8 Å². The Morgan fingerprint density at radius 1 is 1.63 bits per heavy atom. The van der Waals surface area contributed by atoms with E-state index in [-0.39, 0.29) is 13.0 Å². The van der Waals surface area contributed by atoms with E-state index in [0.717, 1.165) is 4.90 Å². The Hall–Kier alpha value is -2.16. The second kappa shape index (κ2) is 5.22. The van der Waals surface area contributed by atoms with E-state index in [0.29, 0.717) is 5.82 Å². The van der Waals surface area contributed by atoms with Crippen LogP contribution in [0, 0.1) is 0 Å². The highest BCUT2D eigenvalue weighted by molar-refractivity contribution is 5.83. The average molecular weight is 269 g/mol. The lowest BCUT2D eigenvalue weighted by atomic mass is 10.2. The van der Waals surface area contributed by atoms with Gasteiger partial charge >= 0.3 is 12.0 Å². The van der Waals surface area contributed by atoms with E-state index in [2.05, 4.69) is 20.5 Å². The zero-order valence-corrected chi connectivity index (χ0v) is 10.3. The quantitative estimate of drug-likeness (QED) is 0.562. The van der Waals surface area contributed by atoms with Crippen molar-refractivity contribution in [1.29, 1.82) is 0 Å². The second-order valence-corrected chi connectivity index (χ2v) is 4.44. The number of hydrogen-bond donors (Lipinski definition) is 4. The molecular weight excluding hydrogens is 254 g/mol. The molecule has 3 atom stereocenters. The van der Waals surface area contributed by atoms with Gasteiger partial charge in [0.2, 0.25) is 0 Å². The zero-order valence-electron chi connectivity index (χ0n) is 10.3. The van der Waals surface area contributed by atoms with Crippen LogP contribution in [0.1, 0.15) is 25.2 Å². The average Bonchev–Trinajstić information content (AvgIpc) is 2.96. The normalized spacial score (nSPS) is 24.2. The number of urea groups is 1. The van der Waals surface area contributed by atoms with E-state index < -0.39 is 30.2 Å². The predicted molar refractivity (Wildman–Crippen MR) is 62.1 cm³/mol. The largest absolute Gasteiger partial charge is 0.480 e. The first-order valence-electron chi connectivity index (χ1n) is 5.82. The summed E-state index contributed by atoms with van der Waals surface area (Å²) in [5.41, 5.74) is 0. The van der Waals surface area contributed by atoms with Gasteiger partial charge in [0.15, 0.2) is 0 Å². The highest BCUT2D eigenvalue weighted by Gasteiger charge is 2.39. The van der Waals surface area contributed by atoms with Crippen molar-refractivity contribution >= 4 is 12.0 Å². The number of rotatable bonds is 3. The smallest absolute Gasteiger partial charge is 0.326 e. The molecule has 19 heavy (non-hydrogen) atoms. The third-order valence-corrected chi connectivity index (χ3v) is 3.01. The molecule has 2 rings (SSSR count). The number of H-pyrrole nitrogens is 1. The van der Waals surface area contributed by atoms with Crippen molar-refractivity contribution in [1.82, 2.24) is 25.4 Å². The van der Waals surface area contributed by atoms with Crippen LogP contribution in [0.3, 0.4) is 0 Å². The van der Waals surface area contributed by atoms with Gasteiger partial charge in [0.05, 0.1) is 12.1 Å². The summed E-state index contributed by atoms with van der Waals surface area (Å²) < 4.78 is 0. The maximum absolute atomic E-state index is 12.0. The number of aliphatic carboxylic acids is 1. The number of likely N-dealkylation sites (tertiary alicyclic amines) is 1. The molecule has 1 unspecified atom stereocenters. The van der Waals surface area contributed by atoms with Crippen LogP contribution in [-0.2, 0) is 4.79 Å². The van der Waals surface area contributed by atoms with Crippen molar-refractivity contribution in [3.05, 3.63) is 12.2 Å². The van der Waals surface area contributed by atoms with Gasteiger partial charge in [0.25, 0.3) is 0 Å². The van der Waals surface area contributed by atoms with E-state index in [1.54, 1.807) is 6.92 Å². The van der Waals surface area contributed by atoms with Crippen LogP contribution in [0.2, 0.25) is 0 Å². The molecule has 0 aliphatic carbocycles. The number of nitrogens with one attached hydrogen (secondary N) is 2. The molecule has 104 valence electrons. The Labute approximate surface area is 108 Å². The molecule has 1 aliphatic rings. The van der Waals surface area contributed by atoms with Gasteiger partial charge in [-0.1, -0.05) is 0 Å². The van der Waals surface area contributed by atoms with Crippen molar-refractivity contribution in [2.45, 2.75) is 31.5 Å². The minimum Gasteiger partial charge on any atom is -0.480 e. The predicted octanol–water partition coefficient (Wildman–Crippen LogP) is -0.905. The monoisotopic (exact) mass is 269 g/mol. The van der Waals surface area contributed by atoms with Crippen molar-refractivity contribution in [3.63, 3.8) is 0 Å². The molecule has 0 aromatic carbocycles. The first-order chi connectivity index (χ1) is 8.99. The number of aliphatic hydroxyl groups is 1. The second-order valence-electron chi connectivity index (χ2n) is 4.44. The Kier molecular flexibility index (Phi) is 3.65. The number of carboxylic acids is 1. The Bertz CT molecular complexity index is 462. The fourth-order valence-corrected chi connectivity index (χ4v) is 2.03.